The van der Waals surface area contributed by atoms with Crippen LogP contribution in [-0.2, 0) is 11.3 Å². The average molecular weight is 445 g/mol. The molecule has 0 amide bonds. The van der Waals surface area contributed by atoms with E-state index in [1.807, 2.05) is 6.07 Å². The second-order valence-electron chi connectivity index (χ2n) is 9.55. The van der Waals surface area contributed by atoms with E-state index in [1.165, 1.54) is 18.4 Å². The highest BCUT2D eigenvalue weighted by atomic mass is 16.5. The lowest BCUT2D eigenvalue weighted by Crippen LogP contribution is -2.36. The summed E-state index contributed by atoms with van der Waals surface area (Å²) in [5, 5.41) is 10.3. The van der Waals surface area contributed by atoms with Gasteiger partial charge in [-0.25, -0.2) is 0 Å². The molecule has 5 heteroatoms. The number of aliphatic carboxylic acids is 1. The normalized spacial score (nSPS) is 22.3. The van der Waals surface area contributed by atoms with E-state index in [9.17, 15) is 9.90 Å². The summed E-state index contributed by atoms with van der Waals surface area (Å²) in [6.45, 7) is 2.40. The van der Waals surface area contributed by atoms with Crippen molar-refractivity contribution in [2.75, 3.05) is 13.1 Å². The van der Waals surface area contributed by atoms with Crippen LogP contribution in [-0.4, -0.2) is 40.2 Å². The maximum atomic E-state index is 11.2. The van der Waals surface area contributed by atoms with Gasteiger partial charge in [0.15, 0.2) is 0 Å². The fraction of sp³-hybridized carbons (Fsp3) is 0.429. The molecule has 172 valence electrons. The van der Waals surface area contributed by atoms with E-state index in [4.69, 9.17) is 9.72 Å². The van der Waals surface area contributed by atoms with Crippen molar-refractivity contribution in [3.05, 3.63) is 71.9 Å². The number of carboxylic acids is 1. The van der Waals surface area contributed by atoms with Gasteiger partial charge in [0, 0.05) is 11.9 Å². The number of likely N-dealkylation sites (tertiary alicyclic amines) is 1. The molecule has 2 heterocycles. The van der Waals surface area contributed by atoms with Crippen LogP contribution in [0.25, 0.3) is 10.9 Å². The molecule has 5 rings (SSSR count). The number of ether oxygens (including phenoxy) is 1. The van der Waals surface area contributed by atoms with Crippen LogP contribution in [0.5, 0.6) is 5.75 Å². The van der Waals surface area contributed by atoms with Crippen molar-refractivity contribution in [2.24, 2.45) is 5.92 Å². The van der Waals surface area contributed by atoms with Crippen LogP contribution < -0.4 is 4.74 Å². The highest BCUT2D eigenvalue weighted by Crippen LogP contribution is 2.34. The van der Waals surface area contributed by atoms with Crippen molar-refractivity contribution < 1.29 is 14.6 Å². The molecule has 2 aromatic carbocycles. The van der Waals surface area contributed by atoms with Crippen LogP contribution >= 0.6 is 0 Å². The number of rotatable bonds is 6. The van der Waals surface area contributed by atoms with E-state index >= 15 is 0 Å². The van der Waals surface area contributed by atoms with Crippen molar-refractivity contribution in [1.82, 2.24) is 9.88 Å². The summed E-state index contributed by atoms with van der Waals surface area (Å²) in [5.41, 5.74) is 3.46. The molecule has 0 radical (unpaired) electrons. The number of nitrogens with zero attached hydrogens (tertiary/aromatic N) is 2. The Kier molecular flexibility index (Phi) is 6.58. The lowest BCUT2D eigenvalue weighted by Gasteiger charge is -2.29. The first-order valence-corrected chi connectivity index (χ1v) is 12.2. The van der Waals surface area contributed by atoms with Gasteiger partial charge in [-0.3, -0.25) is 14.7 Å². The Morgan fingerprint density at radius 2 is 1.70 bits per heavy atom. The van der Waals surface area contributed by atoms with E-state index < -0.39 is 5.97 Å². The molecule has 0 spiro atoms. The van der Waals surface area contributed by atoms with E-state index in [0.29, 0.717) is 5.92 Å². The van der Waals surface area contributed by atoms with Crippen molar-refractivity contribution in [2.45, 2.75) is 57.1 Å². The smallest absolute Gasteiger partial charge is 0.306 e. The molecule has 5 nitrogen and oxygen atoms in total. The van der Waals surface area contributed by atoms with Crippen LogP contribution in [0.4, 0.5) is 0 Å². The second-order valence-corrected chi connectivity index (χ2v) is 9.55. The molecule has 1 saturated heterocycles. The van der Waals surface area contributed by atoms with Crippen molar-refractivity contribution in [3.63, 3.8) is 0 Å². The average Bonchev–Trinajstić information content (AvgIpc) is 2.85. The number of pyridine rings is 1. The summed E-state index contributed by atoms with van der Waals surface area (Å²) in [4.78, 5) is 18.3. The van der Waals surface area contributed by atoms with Gasteiger partial charge in [-0.15, -0.1) is 0 Å². The van der Waals surface area contributed by atoms with Gasteiger partial charge in [0.2, 0.25) is 0 Å². The largest absolute Gasteiger partial charge is 0.490 e. The molecule has 1 aromatic heterocycles. The monoisotopic (exact) mass is 444 g/mol. The first kappa shape index (κ1) is 21.9. The van der Waals surface area contributed by atoms with Gasteiger partial charge in [-0.05, 0) is 87.4 Å². The van der Waals surface area contributed by atoms with Crippen molar-refractivity contribution in [1.29, 1.82) is 0 Å². The summed E-state index contributed by atoms with van der Waals surface area (Å²) in [6, 6.07) is 21.3. The zero-order chi connectivity index (χ0) is 22.6. The van der Waals surface area contributed by atoms with Crippen molar-refractivity contribution in [3.8, 4) is 5.75 Å². The first-order valence-electron chi connectivity index (χ1n) is 12.2. The Morgan fingerprint density at radius 1 is 0.939 bits per heavy atom. The highest BCUT2D eigenvalue weighted by Gasteiger charge is 2.25. The van der Waals surface area contributed by atoms with Gasteiger partial charge < -0.3 is 9.84 Å². The van der Waals surface area contributed by atoms with Crippen molar-refractivity contribution >= 4 is 16.9 Å². The highest BCUT2D eigenvalue weighted by molar-refractivity contribution is 5.80. The second kappa shape index (κ2) is 9.92. The SMILES string of the molecule is O=C(O)C1CCN(Cc2ccc3cc(O[C@H]4CC[C@H](c5ccccc5)CC4)ccc3n2)CC1. The fourth-order valence-electron chi connectivity index (χ4n) is 5.31. The third-order valence-electron chi connectivity index (χ3n) is 7.29. The molecule has 3 aromatic rings. The number of hydrogen-bond donors (Lipinski definition) is 1. The number of piperidine rings is 1. The standard InChI is InChI=1S/C28H32N2O3/c31-28(32)22-14-16-30(17-15-22)19-24-9-6-23-18-26(12-13-27(23)29-24)33-25-10-7-21(8-11-25)20-4-2-1-3-5-20/h1-6,9,12-13,18,21-22,25H,7-8,10-11,14-17,19H2,(H,31,32)/t21-,25-. The number of hydrogen-bond acceptors (Lipinski definition) is 4. The number of carbonyl (C=O) groups is 1. The topological polar surface area (TPSA) is 62.7 Å². The summed E-state index contributed by atoms with van der Waals surface area (Å²) in [7, 11) is 0. The minimum absolute atomic E-state index is 0.197. The van der Waals surface area contributed by atoms with Gasteiger partial charge in [-0.2, -0.15) is 0 Å². The molecule has 1 saturated carbocycles. The Hall–Kier alpha value is -2.92. The maximum Gasteiger partial charge on any atom is 0.306 e. The Morgan fingerprint density at radius 3 is 2.42 bits per heavy atom. The van der Waals surface area contributed by atoms with Gasteiger partial charge in [0.1, 0.15) is 5.75 Å². The number of fused-ring (bicyclic) bond motifs is 1. The Balaban J connectivity index is 1.16. The lowest BCUT2D eigenvalue weighted by molar-refractivity contribution is -0.143. The number of carboxylic acid groups (broad SMARTS) is 1. The summed E-state index contributed by atoms with van der Waals surface area (Å²) in [5.74, 6) is 0.717. The predicted molar refractivity (Wildman–Crippen MR) is 129 cm³/mol. The molecule has 2 aliphatic rings. The van der Waals surface area contributed by atoms with E-state index in [1.54, 1.807) is 0 Å². The lowest BCUT2D eigenvalue weighted by atomic mass is 9.83. The van der Waals surface area contributed by atoms with E-state index in [0.717, 1.165) is 67.7 Å². The van der Waals surface area contributed by atoms with Gasteiger partial charge in [0.25, 0.3) is 0 Å². The van der Waals surface area contributed by atoms with Gasteiger partial charge in [-0.1, -0.05) is 36.4 Å². The molecular weight excluding hydrogens is 412 g/mol. The van der Waals surface area contributed by atoms with E-state index in [-0.39, 0.29) is 12.0 Å². The molecule has 0 unspecified atom stereocenters. The van der Waals surface area contributed by atoms with Gasteiger partial charge in [0.05, 0.1) is 23.2 Å². The van der Waals surface area contributed by atoms with E-state index in [2.05, 4.69) is 59.5 Å². The molecule has 1 aliphatic heterocycles. The van der Waals surface area contributed by atoms with Crippen LogP contribution in [0.2, 0.25) is 0 Å². The zero-order valence-corrected chi connectivity index (χ0v) is 19.0. The molecule has 0 bridgehead atoms. The molecular formula is C28H32N2O3. The summed E-state index contributed by atoms with van der Waals surface area (Å²) in [6.07, 6.45) is 6.26. The quantitative estimate of drug-likeness (QED) is 0.533. The maximum absolute atomic E-state index is 11.2. The van der Waals surface area contributed by atoms with Gasteiger partial charge >= 0.3 is 5.97 Å². The fourth-order valence-corrected chi connectivity index (χ4v) is 5.31. The van der Waals surface area contributed by atoms with Crippen LogP contribution in [0, 0.1) is 5.92 Å². The molecule has 1 aliphatic carbocycles. The third-order valence-corrected chi connectivity index (χ3v) is 7.29. The molecule has 33 heavy (non-hydrogen) atoms. The summed E-state index contributed by atoms with van der Waals surface area (Å²) >= 11 is 0. The number of benzene rings is 2. The number of aromatic nitrogens is 1. The third kappa shape index (κ3) is 5.36. The molecule has 1 N–H and O–H groups in total. The van der Waals surface area contributed by atoms with Crippen LogP contribution in [0.15, 0.2) is 60.7 Å². The van der Waals surface area contributed by atoms with Crippen LogP contribution in [0.1, 0.15) is 55.7 Å². The zero-order valence-electron chi connectivity index (χ0n) is 19.0. The van der Waals surface area contributed by atoms with Crippen LogP contribution in [0.3, 0.4) is 0 Å². The first-order chi connectivity index (χ1) is 16.1. The molecule has 0 atom stereocenters. The predicted octanol–water partition coefficient (Wildman–Crippen LogP) is 5.64. The minimum Gasteiger partial charge on any atom is -0.490 e. The molecule has 2 fully saturated rings. The Labute approximate surface area is 195 Å². The summed E-state index contributed by atoms with van der Waals surface area (Å²) < 4.78 is 6.34. The Bertz CT molecular complexity index is 1080. The minimum atomic E-state index is -0.666.